The molecule has 3 aromatic rings. The lowest BCUT2D eigenvalue weighted by Crippen LogP contribution is -2.58. The second-order valence-corrected chi connectivity index (χ2v) is 12.8. The summed E-state index contributed by atoms with van der Waals surface area (Å²) < 4.78 is 45.7. The molecule has 0 spiro atoms. The van der Waals surface area contributed by atoms with Crippen molar-refractivity contribution < 1.29 is 18.0 Å². The molecule has 0 aliphatic carbocycles. The van der Waals surface area contributed by atoms with E-state index in [1.807, 2.05) is 32.6 Å². The van der Waals surface area contributed by atoms with Crippen LogP contribution in [0.25, 0.3) is 28.0 Å². The van der Waals surface area contributed by atoms with Gasteiger partial charge >= 0.3 is 0 Å². The van der Waals surface area contributed by atoms with Gasteiger partial charge in [-0.3, -0.25) is 14.2 Å². The third-order valence-electron chi connectivity index (χ3n) is 8.61. The number of fused-ring (bicyclic) bond motifs is 1. The molecular formula is C33H32Cl2F3N7O2. The van der Waals surface area contributed by atoms with Crippen LogP contribution in [0.1, 0.15) is 40.2 Å². The van der Waals surface area contributed by atoms with Crippen LogP contribution in [-0.2, 0) is 4.79 Å². The molecule has 9 nitrogen and oxygen atoms in total. The van der Waals surface area contributed by atoms with Gasteiger partial charge in [-0.1, -0.05) is 43.6 Å². The van der Waals surface area contributed by atoms with Crippen molar-refractivity contribution in [3.05, 3.63) is 80.0 Å². The molecule has 47 heavy (non-hydrogen) atoms. The highest BCUT2D eigenvalue weighted by Crippen LogP contribution is 2.43. The number of nitrogens with two attached hydrogens (primary N) is 1. The van der Waals surface area contributed by atoms with Crippen LogP contribution in [-0.4, -0.2) is 51.6 Å². The molecule has 2 aliphatic rings. The van der Waals surface area contributed by atoms with Crippen molar-refractivity contribution >= 4 is 57.2 Å². The Morgan fingerprint density at radius 3 is 2.40 bits per heavy atom. The summed E-state index contributed by atoms with van der Waals surface area (Å²) in [6.45, 7) is 13.4. The molecule has 0 saturated carbocycles. The molecule has 1 aromatic carbocycles. The van der Waals surface area contributed by atoms with Gasteiger partial charge in [-0.05, 0) is 56.7 Å². The average molecular weight is 687 g/mol. The van der Waals surface area contributed by atoms with E-state index in [1.54, 1.807) is 24.1 Å². The fourth-order valence-corrected chi connectivity index (χ4v) is 6.95. The number of rotatable bonds is 5. The van der Waals surface area contributed by atoms with E-state index in [-0.39, 0.29) is 70.0 Å². The summed E-state index contributed by atoms with van der Waals surface area (Å²) in [4.78, 5) is 35.3. The molecule has 3 atom stereocenters. The van der Waals surface area contributed by atoms with Crippen LogP contribution in [0.4, 0.5) is 24.5 Å². The van der Waals surface area contributed by atoms with E-state index >= 15 is 4.39 Å². The normalized spacial score (nSPS) is 19.7. The third kappa shape index (κ3) is 5.41. The number of amides is 1. The van der Waals surface area contributed by atoms with E-state index in [0.717, 1.165) is 0 Å². The minimum absolute atomic E-state index is 0.0370. The number of hydrogen-bond donors (Lipinski definition) is 2. The Morgan fingerprint density at radius 2 is 1.83 bits per heavy atom. The Balaban J connectivity index is 1.92. The molecule has 2 aliphatic heterocycles. The number of aromatic nitrogens is 2. The van der Waals surface area contributed by atoms with E-state index in [4.69, 9.17) is 28.9 Å². The van der Waals surface area contributed by atoms with Crippen molar-refractivity contribution in [3.63, 3.8) is 0 Å². The Morgan fingerprint density at radius 1 is 1.19 bits per heavy atom. The molecule has 3 N–H and O–H groups in total. The van der Waals surface area contributed by atoms with Crippen LogP contribution in [0.2, 0.25) is 10.0 Å². The smallest absolute Gasteiger partial charge is 0.276 e. The van der Waals surface area contributed by atoms with Crippen LogP contribution in [0.3, 0.4) is 0 Å². The van der Waals surface area contributed by atoms with Gasteiger partial charge in [0, 0.05) is 30.6 Å². The standard InChI is InChI=1S/C33H32Cl2F3N7O2/c1-7-21(46)44-16(5)12-43(13-17(44)6)31-18-10-20(34)29(22-24(36)26(38)25(37)23(35)27(22)40)42-32(18)45(33(47)19(31)11-39)30-15(4)8-9-41-28(30)14(2)3/h7-10,14,16-17,28,41H,1,12-13,40H2,2-6H3/t16-,17+,28?. The zero-order valence-electron chi connectivity index (χ0n) is 26.3. The van der Waals surface area contributed by atoms with Gasteiger partial charge in [-0.15, -0.1) is 0 Å². The number of carbonyl (C=O) groups excluding carboxylic acids is 1. The Bertz CT molecular complexity index is 1980. The molecule has 0 bridgehead atoms. The van der Waals surface area contributed by atoms with Crippen molar-refractivity contribution in [2.75, 3.05) is 23.7 Å². The van der Waals surface area contributed by atoms with Crippen LogP contribution in [0.15, 0.2) is 41.4 Å². The first kappa shape index (κ1) is 33.9. The predicted octanol–water partition coefficient (Wildman–Crippen LogP) is 6.23. The highest BCUT2D eigenvalue weighted by molar-refractivity contribution is 6.36. The van der Waals surface area contributed by atoms with Crippen molar-refractivity contribution in [1.29, 1.82) is 5.26 Å². The zero-order valence-corrected chi connectivity index (χ0v) is 27.8. The first-order valence-corrected chi connectivity index (χ1v) is 15.6. The summed E-state index contributed by atoms with van der Waals surface area (Å²) in [5.41, 5.74) is 4.71. The summed E-state index contributed by atoms with van der Waals surface area (Å²) in [5, 5.41) is 12.9. The number of halogens is 5. The Labute approximate surface area is 279 Å². The quantitative estimate of drug-likeness (QED) is 0.142. The lowest BCUT2D eigenvalue weighted by molar-refractivity contribution is -0.130. The van der Waals surface area contributed by atoms with E-state index in [1.165, 1.54) is 16.7 Å². The van der Waals surface area contributed by atoms with E-state index in [0.29, 0.717) is 11.3 Å². The summed E-state index contributed by atoms with van der Waals surface area (Å²) in [6, 6.07) is 2.35. The van der Waals surface area contributed by atoms with Gasteiger partial charge in [0.1, 0.15) is 22.3 Å². The van der Waals surface area contributed by atoms with Crippen LogP contribution in [0, 0.1) is 34.7 Å². The van der Waals surface area contributed by atoms with Gasteiger partial charge in [0.2, 0.25) is 5.91 Å². The number of nitrogen functional groups attached to an aromatic ring is 1. The molecule has 14 heteroatoms. The number of carbonyl (C=O) groups is 1. The molecule has 246 valence electrons. The first-order valence-electron chi connectivity index (χ1n) is 14.8. The van der Waals surface area contributed by atoms with E-state index in [9.17, 15) is 23.6 Å². The van der Waals surface area contributed by atoms with Gasteiger partial charge in [-0.2, -0.15) is 5.26 Å². The largest absolute Gasteiger partial charge is 0.397 e. The average Bonchev–Trinajstić information content (AvgIpc) is 3.02. The lowest BCUT2D eigenvalue weighted by Gasteiger charge is -2.45. The summed E-state index contributed by atoms with van der Waals surface area (Å²) >= 11 is 12.7. The SMILES string of the molecule is C=CC(=O)N1[C@H](C)CN(c2c(C#N)c(=O)n(C3=C(C)C=CNC3C(C)C)c3nc(-c4c(N)c(Cl)c(F)c(F)c4F)c(Cl)cc23)C[C@@H]1C. The van der Waals surface area contributed by atoms with Gasteiger partial charge in [0.15, 0.2) is 17.5 Å². The number of nitriles is 1. The van der Waals surface area contributed by atoms with Gasteiger partial charge in [-0.25, -0.2) is 18.2 Å². The zero-order chi connectivity index (χ0) is 34.6. The van der Waals surface area contributed by atoms with E-state index < -0.39 is 45.3 Å². The van der Waals surface area contributed by atoms with Crippen molar-refractivity contribution in [2.24, 2.45) is 5.92 Å². The minimum Gasteiger partial charge on any atom is -0.397 e. The van der Waals surface area contributed by atoms with E-state index in [2.05, 4.69) is 22.9 Å². The topological polar surface area (TPSA) is 120 Å². The number of pyridine rings is 2. The van der Waals surface area contributed by atoms with Crippen LogP contribution >= 0.6 is 23.2 Å². The first-order chi connectivity index (χ1) is 22.2. The molecule has 2 aromatic heterocycles. The molecular weight excluding hydrogens is 654 g/mol. The summed E-state index contributed by atoms with van der Waals surface area (Å²) in [6.07, 6.45) is 4.74. The number of piperazine rings is 1. The molecule has 1 fully saturated rings. The second kappa shape index (κ2) is 12.6. The number of hydrogen-bond acceptors (Lipinski definition) is 7. The van der Waals surface area contributed by atoms with Gasteiger partial charge in [0.05, 0.1) is 39.4 Å². The van der Waals surface area contributed by atoms with Crippen molar-refractivity contribution in [1.82, 2.24) is 19.8 Å². The molecule has 1 amide bonds. The lowest BCUT2D eigenvalue weighted by atomic mass is 9.94. The highest BCUT2D eigenvalue weighted by atomic mass is 35.5. The Kier molecular flexibility index (Phi) is 9.10. The fraction of sp³-hybridized carbons (Fsp3) is 0.333. The highest BCUT2D eigenvalue weighted by Gasteiger charge is 2.36. The van der Waals surface area contributed by atoms with Gasteiger partial charge in [0.25, 0.3) is 5.56 Å². The van der Waals surface area contributed by atoms with Crippen LogP contribution in [0.5, 0.6) is 0 Å². The maximum atomic E-state index is 15.4. The summed E-state index contributed by atoms with van der Waals surface area (Å²) in [7, 11) is 0. The molecule has 4 heterocycles. The van der Waals surface area contributed by atoms with Crippen molar-refractivity contribution in [2.45, 2.75) is 52.7 Å². The Hall–Kier alpha value is -4.47. The monoisotopic (exact) mass is 685 g/mol. The molecule has 0 radical (unpaired) electrons. The third-order valence-corrected chi connectivity index (χ3v) is 9.27. The number of nitrogens with one attached hydrogen (secondary N) is 1. The fourth-order valence-electron chi connectivity index (χ4n) is 6.53. The van der Waals surface area contributed by atoms with Crippen molar-refractivity contribution in [3.8, 4) is 17.3 Å². The molecule has 1 unspecified atom stereocenters. The van der Waals surface area contributed by atoms with Gasteiger partial charge < -0.3 is 20.9 Å². The maximum absolute atomic E-state index is 15.4. The number of anilines is 2. The minimum atomic E-state index is -1.87. The van der Waals surface area contributed by atoms with Crippen LogP contribution < -0.4 is 21.5 Å². The second-order valence-electron chi connectivity index (χ2n) is 12.1. The molecule has 5 rings (SSSR count). The number of nitrogens with zero attached hydrogens (tertiary/aromatic N) is 5. The number of allylic oxidation sites excluding steroid dienone is 2. The molecule has 1 saturated heterocycles. The predicted molar refractivity (Wildman–Crippen MR) is 178 cm³/mol. The summed E-state index contributed by atoms with van der Waals surface area (Å²) in [5.74, 6) is -5.52. The number of benzene rings is 1. The number of dihydropyridines is 1. The maximum Gasteiger partial charge on any atom is 0.276 e.